The van der Waals surface area contributed by atoms with E-state index in [9.17, 15) is 13.6 Å². The van der Waals surface area contributed by atoms with Gasteiger partial charge in [0.15, 0.2) is 0 Å². The molecule has 4 nitrogen and oxygen atoms in total. The predicted molar refractivity (Wildman–Crippen MR) is 57.7 cm³/mol. The first-order valence-electron chi connectivity index (χ1n) is 3.86. The molecular weight excluding hydrogens is 321 g/mol. The van der Waals surface area contributed by atoms with E-state index in [1.807, 2.05) is 0 Å². The smallest absolute Gasteiger partial charge is 0.307 e. The number of halogens is 3. The van der Waals surface area contributed by atoms with Crippen LogP contribution in [0.25, 0.3) is 0 Å². The fraction of sp³-hybridized carbons (Fsp3) is 0.250. The summed E-state index contributed by atoms with van der Waals surface area (Å²) in [6, 6.07) is 0. The first-order chi connectivity index (χ1) is 6.93. The number of rotatable bonds is 3. The molecule has 1 aromatic rings. The van der Waals surface area contributed by atoms with Crippen LogP contribution in [0.5, 0.6) is 0 Å². The van der Waals surface area contributed by atoms with E-state index in [0.717, 1.165) is 6.20 Å². The van der Waals surface area contributed by atoms with Crippen molar-refractivity contribution < 1.29 is 18.7 Å². The summed E-state index contributed by atoms with van der Waals surface area (Å²) in [5.74, 6) is -1.20. The number of nitrogen functional groups attached to an aromatic ring is 1. The normalized spacial score (nSPS) is 10.7. The molecule has 0 radical (unpaired) electrons. The topological polar surface area (TPSA) is 76.2 Å². The largest absolute Gasteiger partial charge is 0.481 e. The number of nitrogens with zero attached hydrogens (tertiary/aromatic N) is 1. The van der Waals surface area contributed by atoms with Gasteiger partial charge in [0.25, 0.3) is 6.43 Å². The average Bonchev–Trinajstić information content (AvgIpc) is 2.10. The fourth-order valence-electron chi connectivity index (χ4n) is 1.12. The monoisotopic (exact) mass is 328 g/mol. The van der Waals surface area contributed by atoms with Crippen LogP contribution in [-0.4, -0.2) is 16.1 Å². The van der Waals surface area contributed by atoms with Gasteiger partial charge in [-0.3, -0.25) is 4.79 Å². The van der Waals surface area contributed by atoms with Crippen molar-refractivity contribution in [3.05, 3.63) is 21.0 Å². The van der Waals surface area contributed by atoms with E-state index < -0.39 is 24.4 Å². The summed E-state index contributed by atoms with van der Waals surface area (Å²) in [7, 11) is 0. The van der Waals surface area contributed by atoms with Gasteiger partial charge < -0.3 is 10.8 Å². The molecule has 0 atom stereocenters. The molecule has 0 aliphatic carbocycles. The number of aromatic nitrogens is 1. The maximum atomic E-state index is 12.6. The zero-order valence-electron chi connectivity index (χ0n) is 7.38. The highest BCUT2D eigenvalue weighted by molar-refractivity contribution is 14.1. The second-order valence-corrected chi connectivity index (χ2v) is 3.79. The average molecular weight is 328 g/mol. The van der Waals surface area contributed by atoms with Gasteiger partial charge in [0.2, 0.25) is 0 Å². The Morgan fingerprint density at radius 1 is 1.67 bits per heavy atom. The Labute approximate surface area is 97.6 Å². The Morgan fingerprint density at radius 2 is 2.27 bits per heavy atom. The molecule has 15 heavy (non-hydrogen) atoms. The summed E-state index contributed by atoms with van der Waals surface area (Å²) < 4.78 is 25.5. The summed E-state index contributed by atoms with van der Waals surface area (Å²) in [4.78, 5) is 14.2. The number of anilines is 1. The first-order valence-corrected chi connectivity index (χ1v) is 4.94. The van der Waals surface area contributed by atoms with Gasteiger partial charge in [-0.25, -0.2) is 13.8 Å². The minimum Gasteiger partial charge on any atom is -0.481 e. The molecule has 0 saturated carbocycles. The second kappa shape index (κ2) is 4.69. The van der Waals surface area contributed by atoms with Crippen LogP contribution < -0.4 is 5.73 Å². The van der Waals surface area contributed by atoms with E-state index in [0.29, 0.717) is 0 Å². The third-order valence-corrected chi connectivity index (χ3v) is 2.61. The minimum atomic E-state index is -2.80. The number of hydrogen-bond acceptors (Lipinski definition) is 3. The third kappa shape index (κ3) is 2.74. The number of carboxylic acid groups (broad SMARTS) is 1. The number of hydrogen-bond donors (Lipinski definition) is 2. The van der Waals surface area contributed by atoms with Crippen LogP contribution in [0.3, 0.4) is 0 Å². The maximum absolute atomic E-state index is 12.6. The van der Waals surface area contributed by atoms with E-state index in [2.05, 4.69) is 4.98 Å². The van der Waals surface area contributed by atoms with Crippen LogP contribution in [0, 0.1) is 3.70 Å². The summed E-state index contributed by atoms with van der Waals surface area (Å²) in [6.45, 7) is 0. The van der Waals surface area contributed by atoms with Gasteiger partial charge in [-0.15, -0.1) is 0 Å². The molecule has 0 aliphatic heterocycles. The standard InChI is InChI=1S/C8H7F2IN2O2/c9-7(10)5-3(1-4(14)15)2-13-8(11)6(5)12/h2,7H,1,12H2,(H,14,15). The third-order valence-electron chi connectivity index (χ3n) is 1.75. The van der Waals surface area contributed by atoms with Crippen LogP contribution in [0.2, 0.25) is 0 Å². The molecule has 1 heterocycles. The molecule has 0 amide bonds. The van der Waals surface area contributed by atoms with Crippen LogP contribution in [0.1, 0.15) is 17.6 Å². The Hall–Kier alpha value is -0.990. The molecule has 1 aromatic heterocycles. The lowest BCUT2D eigenvalue weighted by Gasteiger charge is -2.10. The Kier molecular flexibility index (Phi) is 3.77. The van der Waals surface area contributed by atoms with Gasteiger partial charge in [0, 0.05) is 11.8 Å². The summed E-state index contributed by atoms with van der Waals surface area (Å²) >= 11 is 1.72. The van der Waals surface area contributed by atoms with E-state index in [4.69, 9.17) is 10.8 Å². The van der Waals surface area contributed by atoms with Crippen LogP contribution in [0.4, 0.5) is 14.5 Å². The SMILES string of the molecule is Nc1c(I)ncc(CC(=O)O)c1C(F)F. The summed E-state index contributed by atoms with van der Waals surface area (Å²) in [5.41, 5.74) is 4.79. The zero-order chi connectivity index (χ0) is 11.6. The molecule has 1 rings (SSSR count). The van der Waals surface area contributed by atoms with Gasteiger partial charge in [0.1, 0.15) is 3.70 Å². The highest BCUT2D eigenvalue weighted by Crippen LogP contribution is 2.30. The van der Waals surface area contributed by atoms with E-state index in [-0.39, 0.29) is 15.0 Å². The van der Waals surface area contributed by atoms with Gasteiger partial charge in [0.05, 0.1) is 12.1 Å². The number of aliphatic carboxylic acids is 1. The van der Waals surface area contributed by atoms with Crippen molar-refractivity contribution in [3.63, 3.8) is 0 Å². The number of pyridine rings is 1. The summed E-state index contributed by atoms with van der Waals surface area (Å²) in [5, 5.41) is 8.52. The van der Waals surface area contributed by atoms with Crippen molar-refractivity contribution in [1.82, 2.24) is 4.98 Å². The number of carbonyl (C=O) groups is 1. The van der Waals surface area contributed by atoms with Gasteiger partial charge in [-0.05, 0) is 28.2 Å². The molecule has 0 spiro atoms. The van der Waals surface area contributed by atoms with Crippen LogP contribution >= 0.6 is 22.6 Å². The molecule has 0 unspecified atom stereocenters. The molecule has 82 valence electrons. The molecule has 0 saturated heterocycles. The molecular formula is C8H7F2IN2O2. The molecule has 3 N–H and O–H groups in total. The van der Waals surface area contributed by atoms with Crippen molar-refractivity contribution in [1.29, 1.82) is 0 Å². The van der Waals surface area contributed by atoms with Gasteiger partial charge >= 0.3 is 5.97 Å². The lowest BCUT2D eigenvalue weighted by atomic mass is 10.1. The Morgan fingerprint density at radius 3 is 2.73 bits per heavy atom. The number of nitrogens with two attached hydrogens (primary N) is 1. The second-order valence-electron chi connectivity index (χ2n) is 2.77. The number of carboxylic acids is 1. The highest BCUT2D eigenvalue weighted by Gasteiger charge is 2.20. The molecule has 0 aliphatic rings. The maximum Gasteiger partial charge on any atom is 0.307 e. The minimum absolute atomic E-state index is 0.0459. The lowest BCUT2D eigenvalue weighted by Crippen LogP contribution is -2.09. The number of alkyl halides is 2. The van der Waals surface area contributed by atoms with Crippen LogP contribution in [-0.2, 0) is 11.2 Å². The molecule has 0 bridgehead atoms. The van der Waals surface area contributed by atoms with Crippen molar-refractivity contribution in [3.8, 4) is 0 Å². The first kappa shape index (κ1) is 12.1. The van der Waals surface area contributed by atoms with Gasteiger partial charge in [-0.1, -0.05) is 0 Å². The zero-order valence-corrected chi connectivity index (χ0v) is 9.53. The van der Waals surface area contributed by atoms with Gasteiger partial charge in [-0.2, -0.15) is 0 Å². The predicted octanol–water partition coefficient (Wildman–Crippen LogP) is 1.83. The van der Waals surface area contributed by atoms with Crippen molar-refractivity contribution >= 4 is 34.2 Å². The van der Waals surface area contributed by atoms with E-state index in [1.165, 1.54) is 0 Å². The Balaban J connectivity index is 3.26. The quantitative estimate of drug-likeness (QED) is 0.656. The molecule has 7 heteroatoms. The van der Waals surface area contributed by atoms with Crippen LogP contribution in [0.15, 0.2) is 6.20 Å². The summed E-state index contributed by atoms with van der Waals surface area (Å²) in [6.07, 6.45) is -2.18. The highest BCUT2D eigenvalue weighted by atomic mass is 127. The van der Waals surface area contributed by atoms with Crippen molar-refractivity contribution in [2.45, 2.75) is 12.8 Å². The van der Waals surface area contributed by atoms with Crippen molar-refractivity contribution in [2.24, 2.45) is 0 Å². The van der Waals surface area contributed by atoms with E-state index >= 15 is 0 Å². The van der Waals surface area contributed by atoms with Crippen molar-refractivity contribution in [2.75, 3.05) is 5.73 Å². The molecule has 0 aromatic carbocycles. The fourth-order valence-corrected chi connectivity index (χ4v) is 1.55. The Bertz CT molecular complexity index is 398. The molecule has 0 fully saturated rings. The lowest BCUT2D eigenvalue weighted by molar-refractivity contribution is -0.136. The van der Waals surface area contributed by atoms with E-state index in [1.54, 1.807) is 22.6 Å².